The van der Waals surface area contributed by atoms with E-state index in [1.807, 2.05) is 61.5 Å². The van der Waals surface area contributed by atoms with Gasteiger partial charge < -0.3 is 24.8 Å². The van der Waals surface area contributed by atoms with Gasteiger partial charge in [0.05, 0.1) is 17.8 Å². The third-order valence-electron chi connectivity index (χ3n) is 7.07. The topological polar surface area (TPSA) is 71.4 Å². The van der Waals surface area contributed by atoms with Crippen molar-refractivity contribution in [2.75, 3.05) is 23.9 Å². The molecule has 1 saturated heterocycles. The Morgan fingerprint density at radius 1 is 1.10 bits per heavy atom. The number of halogens is 1. The van der Waals surface area contributed by atoms with Crippen molar-refractivity contribution in [2.24, 2.45) is 0 Å². The van der Waals surface area contributed by atoms with Crippen LogP contribution in [-0.4, -0.2) is 34.3 Å². The molecule has 1 fully saturated rings. The number of carbonyl (C=O) groups excluding carboxylic acids is 1. The van der Waals surface area contributed by atoms with E-state index in [0.717, 1.165) is 44.6 Å². The smallest absolute Gasteiger partial charge is 0.250 e. The highest BCUT2D eigenvalue weighted by Crippen LogP contribution is 2.44. The van der Waals surface area contributed by atoms with Gasteiger partial charge in [-0.25, -0.2) is 0 Å². The highest BCUT2D eigenvalue weighted by Gasteiger charge is 2.42. The Labute approximate surface area is 238 Å². The fraction of sp³-hybridized carbons (Fsp3) is 0.233. The molecule has 9 heteroatoms. The molecule has 1 aliphatic heterocycles. The molecule has 1 aliphatic rings. The molecule has 5 rings (SSSR count). The Bertz CT molecular complexity index is 1520. The normalized spacial score (nSPS) is 16.8. The standard InChI is InChI=1S/C30H30ClN5O2S/c1-18-16-23(20(3)35(18)26-10-7-8-24(31)19(26)2)29-28(25-9-5-6-15-32-25)34-30(39)36(29)22-13-11-21(12-14-22)33-27(37)17-38-4/h5-16,28-29H,17H2,1-4H3,(H,33,37)(H,34,39). The number of thiocarbonyl (C=S) groups is 1. The van der Waals surface area contributed by atoms with E-state index in [0.29, 0.717) is 10.8 Å². The second-order valence-electron chi connectivity index (χ2n) is 9.57. The molecule has 0 radical (unpaired) electrons. The van der Waals surface area contributed by atoms with Gasteiger partial charge in [0.1, 0.15) is 6.61 Å². The first kappa shape index (κ1) is 26.9. The van der Waals surface area contributed by atoms with Gasteiger partial charge in [-0.2, -0.15) is 0 Å². The van der Waals surface area contributed by atoms with Gasteiger partial charge in [0, 0.05) is 46.8 Å². The number of hydrogen-bond donors (Lipinski definition) is 2. The summed E-state index contributed by atoms with van der Waals surface area (Å²) in [6.07, 6.45) is 1.80. The number of hydrogen-bond acceptors (Lipinski definition) is 4. The van der Waals surface area contributed by atoms with E-state index in [2.05, 4.69) is 51.1 Å². The number of nitrogens with zero attached hydrogens (tertiary/aromatic N) is 3. The van der Waals surface area contributed by atoms with Crippen molar-refractivity contribution >= 4 is 46.2 Å². The van der Waals surface area contributed by atoms with Crippen LogP contribution >= 0.6 is 23.8 Å². The number of methoxy groups -OCH3 is 1. The molecule has 2 aromatic heterocycles. The molecule has 2 atom stereocenters. The number of amides is 1. The van der Waals surface area contributed by atoms with Gasteiger partial charge in [0.25, 0.3) is 0 Å². The average molecular weight is 560 g/mol. The van der Waals surface area contributed by atoms with Gasteiger partial charge >= 0.3 is 0 Å². The Morgan fingerprint density at radius 2 is 1.87 bits per heavy atom. The summed E-state index contributed by atoms with van der Waals surface area (Å²) in [7, 11) is 1.49. The van der Waals surface area contributed by atoms with E-state index in [9.17, 15) is 4.79 Å². The first-order chi connectivity index (χ1) is 18.8. The zero-order valence-electron chi connectivity index (χ0n) is 22.2. The lowest BCUT2D eigenvalue weighted by molar-refractivity contribution is -0.119. The van der Waals surface area contributed by atoms with Crippen LogP contribution in [0.4, 0.5) is 11.4 Å². The molecule has 1 amide bonds. The summed E-state index contributed by atoms with van der Waals surface area (Å²) in [6, 6.07) is 21.4. The van der Waals surface area contributed by atoms with Crippen LogP contribution in [0.5, 0.6) is 0 Å². The van der Waals surface area contributed by atoms with Crippen LogP contribution in [0.15, 0.2) is 72.9 Å². The van der Waals surface area contributed by atoms with Crippen molar-refractivity contribution in [2.45, 2.75) is 32.9 Å². The summed E-state index contributed by atoms with van der Waals surface area (Å²) in [5, 5.41) is 7.71. The number of anilines is 2. The molecule has 4 aromatic rings. The molecule has 2 N–H and O–H groups in total. The third kappa shape index (κ3) is 5.15. The minimum atomic E-state index is -0.208. The summed E-state index contributed by atoms with van der Waals surface area (Å²) < 4.78 is 7.17. The van der Waals surface area contributed by atoms with E-state index in [-0.39, 0.29) is 24.6 Å². The van der Waals surface area contributed by atoms with Crippen LogP contribution in [0.3, 0.4) is 0 Å². The number of nitrogens with one attached hydrogen (secondary N) is 2. The average Bonchev–Trinajstić information content (AvgIpc) is 3.42. The van der Waals surface area contributed by atoms with Crippen molar-refractivity contribution in [3.8, 4) is 5.69 Å². The van der Waals surface area contributed by atoms with Gasteiger partial charge in [-0.1, -0.05) is 23.7 Å². The molecule has 2 unspecified atom stereocenters. The predicted molar refractivity (Wildman–Crippen MR) is 160 cm³/mol. The Kier molecular flexibility index (Phi) is 7.70. The predicted octanol–water partition coefficient (Wildman–Crippen LogP) is 6.21. The number of rotatable bonds is 7. The molecule has 200 valence electrons. The summed E-state index contributed by atoms with van der Waals surface area (Å²) in [5.74, 6) is -0.208. The lowest BCUT2D eigenvalue weighted by Gasteiger charge is -2.28. The Morgan fingerprint density at radius 3 is 2.56 bits per heavy atom. The van der Waals surface area contributed by atoms with Gasteiger partial charge in [0.2, 0.25) is 5.91 Å². The van der Waals surface area contributed by atoms with Crippen molar-refractivity contribution < 1.29 is 9.53 Å². The minimum Gasteiger partial charge on any atom is -0.375 e. The minimum absolute atomic E-state index is 0.00255. The third-order valence-corrected chi connectivity index (χ3v) is 7.80. The highest BCUT2D eigenvalue weighted by molar-refractivity contribution is 7.80. The first-order valence-corrected chi connectivity index (χ1v) is 13.4. The fourth-order valence-corrected chi connectivity index (χ4v) is 5.79. The van der Waals surface area contributed by atoms with E-state index in [1.165, 1.54) is 7.11 Å². The Hall–Kier alpha value is -3.72. The number of pyridine rings is 1. The molecule has 3 heterocycles. The molecular weight excluding hydrogens is 530 g/mol. The Balaban J connectivity index is 1.60. The molecule has 0 aliphatic carbocycles. The van der Waals surface area contributed by atoms with Gasteiger partial charge in [-0.3, -0.25) is 9.78 Å². The maximum absolute atomic E-state index is 12.0. The van der Waals surface area contributed by atoms with Crippen LogP contribution in [-0.2, 0) is 9.53 Å². The van der Waals surface area contributed by atoms with E-state index >= 15 is 0 Å². The van der Waals surface area contributed by atoms with Crippen LogP contribution in [0.25, 0.3) is 5.69 Å². The number of aromatic nitrogens is 2. The number of carbonyl (C=O) groups is 1. The van der Waals surface area contributed by atoms with Gasteiger partial charge in [-0.05, 0) is 98.7 Å². The maximum atomic E-state index is 12.0. The molecule has 39 heavy (non-hydrogen) atoms. The quantitative estimate of drug-likeness (QED) is 0.262. The maximum Gasteiger partial charge on any atom is 0.250 e. The summed E-state index contributed by atoms with van der Waals surface area (Å²) >= 11 is 12.4. The number of ether oxygens (including phenoxy) is 1. The van der Waals surface area contributed by atoms with Crippen LogP contribution < -0.4 is 15.5 Å². The number of benzene rings is 2. The SMILES string of the molecule is COCC(=O)Nc1ccc(N2C(=S)NC(c3ccccn3)C2c2cc(C)n(-c3cccc(Cl)c3C)c2C)cc1. The van der Waals surface area contributed by atoms with Crippen LogP contribution in [0.1, 0.15) is 40.3 Å². The van der Waals surface area contributed by atoms with Gasteiger partial charge in [0.15, 0.2) is 5.11 Å². The van der Waals surface area contributed by atoms with Crippen molar-refractivity contribution in [3.05, 3.63) is 106 Å². The van der Waals surface area contributed by atoms with Crippen molar-refractivity contribution in [1.82, 2.24) is 14.9 Å². The fourth-order valence-electron chi connectivity index (χ4n) is 5.28. The zero-order chi connectivity index (χ0) is 27.7. The van der Waals surface area contributed by atoms with E-state index in [4.69, 9.17) is 28.6 Å². The second kappa shape index (κ2) is 11.2. The molecule has 0 spiro atoms. The zero-order valence-corrected chi connectivity index (χ0v) is 23.8. The monoisotopic (exact) mass is 559 g/mol. The molecule has 7 nitrogen and oxygen atoms in total. The molecule has 0 saturated carbocycles. The lowest BCUT2D eigenvalue weighted by atomic mass is 9.96. The van der Waals surface area contributed by atoms with Crippen molar-refractivity contribution in [3.63, 3.8) is 0 Å². The largest absolute Gasteiger partial charge is 0.375 e. The number of aryl methyl sites for hydroxylation is 1. The van der Waals surface area contributed by atoms with Crippen molar-refractivity contribution in [1.29, 1.82) is 0 Å². The van der Waals surface area contributed by atoms with E-state index < -0.39 is 0 Å². The molecular formula is C30H30ClN5O2S. The summed E-state index contributed by atoms with van der Waals surface area (Å²) in [4.78, 5) is 18.8. The lowest BCUT2D eigenvalue weighted by Crippen LogP contribution is -2.29. The highest BCUT2D eigenvalue weighted by atomic mass is 35.5. The van der Waals surface area contributed by atoms with E-state index in [1.54, 1.807) is 6.20 Å². The second-order valence-corrected chi connectivity index (χ2v) is 10.4. The van der Waals surface area contributed by atoms with Crippen LogP contribution in [0.2, 0.25) is 5.02 Å². The summed E-state index contributed by atoms with van der Waals surface area (Å²) in [6.45, 7) is 6.27. The van der Waals surface area contributed by atoms with Gasteiger partial charge in [-0.15, -0.1) is 0 Å². The van der Waals surface area contributed by atoms with Crippen LogP contribution in [0, 0.1) is 20.8 Å². The first-order valence-electron chi connectivity index (χ1n) is 12.6. The molecule has 2 aromatic carbocycles. The summed E-state index contributed by atoms with van der Waals surface area (Å²) in [5.41, 5.74) is 7.90. The molecule has 0 bridgehead atoms.